The second-order valence-corrected chi connectivity index (χ2v) is 24.6. The van der Waals surface area contributed by atoms with Crippen LogP contribution in [0.1, 0.15) is 124 Å². The number of nitrogens with zero attached hydrogens (tertiary/aromatic N) is 5. The minimum absolute atomic E-state index is 0.0128. The lowest BCUT2D eigenvalue weighted by molar-refractivity contribution is -0.265. The van der Waals surface area contributed by atoms with E-state index in [4.69, 9.17) is 43.6 Å². The number of amides is 2. The summed E-state index contributed by atoms with van der Waals surface area (Å²) >= 11 is 0. The summed E-state index contributed by atoms with van der Waals surface area (Å²) in [6.07, 6.45) is 13.1. The van der Waals surface area contributed by atoms with E-state index in [1.807, 2.05) is 64.2 Å². The number of allylic oxidation sites excluding steroid dienone is 5. The molecule has 16 atom stereocenters. The van der Waals surface area contributed by atoms with Crippen molar-refractivity contribution in [1.82, 2.24) is 25.1 Å². The minimum Gasteiger partial charge on any atom is -0.459 e. The fourth-order valence-corrected chi connectivity index (χ4v) is 12.8. The third-order valence-corrected chi connectivity index (χ3v) is 18.3. The fourth-order valence-electron chi connectivity index (χ4n) is 12.8. The molecular formula is C64H101N7O15. The Morgan fingerprint density at radius 3 is 2.21 bits per heavy atom. The Bertz CT molecular complexity index is 2470. The first-order valence-electron chi connectivity index (χ1n) is 31.1. The molecule has 5 N–H and O–H groups in total. The van der Waals surface area contributed by atoms with Crippen molar-refractivity contribution < 1.29 is 72.1 Å². The molecule has 0 spiro atoms. The van der Waals surface area contributed by atoms with Gasteiger partial charge < -0.3 is 69.0 Å². The van der Waals surface area contributed by atoms with Crippen molar-refractivity contribution in [2.45, 2.75) is 192 Å². The number of ketones is 2. The maximum absolute atomic E-state index is 14.8. The molecule has 4 fully saturated rings. The Kier molecular flexibility index (Phi) is 27.8. The number of fused-ring (bicyclic) bond motifs is 3. The van der Waals surface area contributed by atoms with Gasteiger partial charge in [0.2, 0.25) is 11.7 Å². The molecule has 2 bridgehead atoms. The zero-order chi connectivity index (χ0) is 62.7. The molecule has 5 heterocycles. The topological polar surface area (TPSA) is 273 Å². The van der Waals surface area contributed by atoms with Gasteiger partial charge in [-0.3, -0.25) is 19.3 Å². The molecule has 6 rings (SSSR count). The number of aliphatic hydroxyl groups is 2. The van der Waals surface area contributed by atoms with Crippen molar-refractivity contribution in [3.8, 4) is 0 Å². The third-order valence-electron chi connectivity index (χ3n) is 18.3. The number of piperazine rings is 1. The van der Waals surface area contributed by atoms with Gasteiger partial charge in [0, 0.05) is 136 Å². The molecule has 3 saturated heterocycles. The summed E-state index contributed by atoms with van der Waals surface area (Å²) in [4.78, 5) is 85.8. The van der Waals surface area contributed by atoms with Crippen molar-refractivity contribution in [1.29, 1.82) is 0 Å². The Balaban J connectivity index is 1.19. The molecule has 1 aliphatic carbocycles. The number of cyclic esters (lactones) is 1. The number of aromatic nitrogens is 2. The summed E-state index contributed by atoms with van der Waals surface area (Å²) < 4.78 is 47.5. The van der Waals surface area contributed by atoms with Crippen LogP contribution in [0.25, 0.3) is 0 Å². The highest BCUT2D eigenvalue weighted by Crippen LogP contribution is 2.38. The van der Waals surface area contributed by atoms with Crippen LogP contribution in [-0.2, 0) is 63.6 Å². The van der Waals surface area contributed by atoms with Crippen LogP contribution in [0.5, 0.6) is 0 Å². The van der Waals surface area contributed by atoms with E-state index in [0.717, 1.165) is 43.9 Å². The van der Waals surface area contributed by atoms with E-state index < -0.39 is 108 Å². The Hall–Kier alpha value is -5.01. The Labute approximate surface area is 509 Å². The molecule has 1 aromatic rings. The second kappa shape index (κ2) is 34.1. The van der Waals surface area contributed by atoms with Gasteiger partial charge in [-0.1, -0.05) is 64.2 Å². The smallest absolute Gasteiger partial charge is 0.407 e. The van der Waals surface area contributed by atoms with Crippen molar-refractivity contribution in [3.05, 3.63) is 65.6 Å². The first-order chi connectivity index (χ1) is 41.1. The number of alkyl carbamates (subject to hydrolysis) is 1. The van der Waals surface area contributed by atoms with E-state index in [-0.39, 0.29) is 43.6 Å². The summed E-state index contributed by atoms with van der Waals surface area (Å²) in [5.74, 6) is -6.63. The highest BCUT2D eigenvalue weighted by atomic mass is 16.6. The third kappa shape index (κ3) is 19.2. The van der Waals surface area contributed by atoms with Gasteiger partial charge >= 0.3 is 12.1 Å². The van der Waals surface area contributed by atoms with E-state index in [1.165, 1.54) is 19.1 Å². The number of hydrogen-bond donors (Lipinski definition) is 4. The summed E-state index contributed by atoms with van der Waals surface area (Å²) in [5, 5.41) is 26.7. The number of piperidine rings is 1. The average molecular weight is 1210 g/mol. The Morgan fingerprint density at radius 1 is 0.814 bits per heavy atom. The van der Waals surface area contributed by atoms with Crippen molar-refractivity contribution in [2.75, 3.05) is 86.3 Å². The highest BCUT2D eigenvalue weighted by molar-refractivity contribution is 6.39. The van der Waals surface area contributed by atoms with Crippen LogP contribution in [0, 0.1) is 29.6 Å². The number of hydrogen-bond acceptors (Lipinski definition) is 20. The number of nitrogens with one attached hydrogen (secondary N) is 1. The van der Waals surface area contributed by atoms with Crippen LogP contribution < -0.4 is 16.0 Å². The number of carbonyl (C=O) groups excluding carboxylic acids is 5. The number of Topliss-reactive ketones (excluding diaryl/α,β-unsaturated/α-hetero) is 2. The largest absolute Gasteiger partial charge is 0.459 e. The lowest BCUT2D eigenvalue weighted by Gasteiger charge is -2.43. The van der Waals surface area contributed by atoms with Crippen LogP contribution in [0.2, 0.25) is 0 Å². The molecule has 4 aliphatic heterocycles. The van der Waals surface area contributed by atoms with Gasteiger partial charge in [-0.15, -0.1) is 0 Å². The molecule has 0 radical (unpaired) electrons. The molecule has 5 aliphatic rings. The van der Waals surface area contributed by atoms with E-state index in [2.05, 4.69) is 25.1 Å². The van der Waals surface area contributed by atoms with Gasteiger partial charge in [0.1, 0.15) is 30.5 Å². The minimum atomic E-state index is -2.46. The van der Waals surface area contributed by atoms with Gasteiger partial charge in [-0.05, 0) is 101 Å². The molecule has 1 aromatic heterocycles. The number of methoxy groups -OCH3 is 5. The van der Waals surface area contributed by atoms with Crippen LogP contribution in [-0.4, -0.2) is 208 Å². The molecule has 2 amide bonds. The predicted molar refractivity (Wildman–Crippen MR) is 323 cm³/mol. The van der Waals surface area contributed by atoms with Crippen LogP contribution in [0.3, 0.4) is 0 Å². The first kappa shape index (κ1) is 70.1. The van der Waals surface area contributed by atoms with Crippen molar-refractivity contribution in [3.63, 3.8) is 0 Å². The fraction of sp³-hybridized carbons (Fsp3) is 0.734. The normalized spacial score (nSPS) is 35.5. The molecule has 22 nitrogen and oxygen atoms in total. The average Bonchev–Trinajstić information content (AvgIpc) is 3.66. The van der Waals surface area contributed by atoms with E-state index in [9.17, 15) is 34.2 Å². The molecule has 0 aromatic carbocycles. The lowest BCUT2D eigenvalue weighted by Crippen LogP contribution is -2.61. The van der Waals surface area contributed by atoms with Gasteiger partial charge in [0.05, 0.1) is 31.0 Å². The maximum Gasteiger partial charge on any atom is 0.407 e. The maximum atomic E-state index is 14.8. The summed E-state index contributed by atoms with van der Waals surface area (Å²) in [7, 11) is 7.80. The summed E-state index contributed by atoms with van der Waals surface area (Å²) in [5.41, 5.74) is 9.26. The lowest BCUT2D eigenvalue weighted by atomic mass is 9.80. The zero-order valence-corrected chi connectivity index (χ0v) is 52.9. The Morgan fingerprint density at radius 2 is 1.53 bits per heavy atom. The highest BCUT2D eigenvalue weighted by Gasteiger charge is 2.53. The van der Waals surface area contributed by atoms with Gasteiger partial charge in [-0.25, -0.2) is 19.6 Å². The molecule has 0 unspecified atom stereocenters. The standard InChI is InChI=1S/C64H101N7O15/c1-40-17-13-12-14-18-41(2)52(80-8)35-48-22-20-45(6)64(78,86-48)59(74)60(75)71-24-16-15-19-50(71)61(76)84-54(36-53(81-9)42(3)32-44(5)57(73)58(83-11)56(72)43(4)31-40)49(65)33-46-21-23-51(55(34-46)82-10)85-63(77)68-39-47-37-66-62(67-38-47)70-27-25-69(26-28-70)29-30-79-7/h12-14,17-18,32,37-38,40,42-43,45-46,48-55,57-58,73,78H,15-16,19-31,33-36,39,65H2,1-11H3,(H,68,77)/b14-12+,17-13+,41-18+,44-32+/t40-,42-,43-,45-,46+,48+,49-,50+,51-,52+,53-,54+,55-,57-,58+,64-/m1/s1. The number of rotatable bonds is 14. The molecule has 482 valence electrons. The van der Waals surface area contributed by atoms with Gasteiger partial charge in [0.15, 0.2) is 5.78 Å². The van der Waals surface area contributed by atoms with E-state index >= 15 is 0 Å². The van der Waals surface area contributed by atoms with Crippen molar-refractivity contribution in [2.24, 2.45) is 35.3 Å². The van der Waals surface area contributed by atoms with E-state index in [1.54, 1.807) is 47.6 Å². The number of nitrogens with two attached hydrogens (primary N) is 1. The SMILES string of the molecule is COCCN1CCN(c2ncc(CNC(=O)O[C@@H]3CC[C@@H](C[C@@H](N)[C@@H]4C[C@@H](OC)[C@H](C)/C=C(\C)[C@@H](O)[C@@H](OC)C(=O)[C@H](C)C[C@H](C)/C=C/C=C/C=C(\C)[C@@H](OC)C[C@@H]5CC[C@@H](C)[C@@](O)(O5)C(=O)C(=O)N5CCCC[C@H]5C(=O)O4)C[C@H]3OC)cn2)CC1. The van der Waals surface area contributed by atoms with Gasteiger partial charge in [-0.2, -0.15) is 0 Å². The van der Waals surface area contributed by atoms with Crippen molar-refractivity contribution >= 4 is 35.5 Å². The number of esters is 1. The summed E-state index contributed by atoms with van der Waals surface area (Å²) in [6, 6.07) is -1.96. The molecular weight excluding hydrogens is 1110 g/mol. The quantitative estimate of drug-likeness (QED) is 0.0972. The molecule has 1 saturated carbocycles. The predicted octanol–water partition coefficient (Wildman–Crippen LogP) is 5.81. The van der Waals surface area contributed by atoms with Crippen LogP contribution in [0.15, 0.2) is 60.0 Å². The van der Waals surface area contributed by atoms with Crippen LogP contribution >= 0.6 is 0 Å². The van der Waals surface area contributed by atoms with E-state index in [0.29, 0.717) is 82.3 Å². The second-order valence-electron chi connectivity index (χ2n) is 24.6. The van der Waals surface area contributed by atoms with Crippen LogP contribution in [0.4, 0.5) is 10.7 Å². The molecule has 86 heavy (non-hydrogen) atoms. The number of ether oxygens (including phenoxy) is 8. The number of anilines is 1. The monoisotopic (exact) mass is 1210 g/mol. The number of carbonyl (C=O) groups is 5. The number of aliphatic hydroxyl groups excluding tert-OH is 1. The summed E-state index contributed by atoms with van der Waals surface area (Å²) in [6.45, 7) is 16.3. The first-order valence-corrected chi connectivity index (χ1v) is 31.1. The van der Waals surface area contributed by atoms with Gasteiger partial charge in [0.25, 0.3) is 11.7 Å². The zero-order valence-electron chi connectivity index (χ0n) is 52.9. The molecule has 22 heteroatoms.